The molecule has 0 amide bonds. The fourth-order valence-electron chi connectivity index (χ4n) is 5.60. The van der Waals surface area contributed by atoms with Crippen LogP contribution in [0.15, 0.2) is 110 Å². The molecule has 7 aromatic rings. The minimum absolute atomic E-state index is 0.446. The fraction of sp³-hybridized carbons (Fsp3) is 0.0556. The molecule has 7 rings (SSSR count). The first kappa shape index (κ1) is 25.8. The number of pyridine rings is 1. The lowest BCUT2D eigenvalue weighted by Gasteiger charge is -2.10. The van der Waals surface area contributed by atoms with E-state index in [-0.39, 0.29) is 0 Å². The van der Waals surface area contributed by atoms with E-state index in [4.69, 9.17) is 4.74 Å². The Morgan fingerprint density at radius 1 is 0.721 bits per heavy atom. The van der Waals surface area contributed by atoms with Gasteiger partial charge in [0.2, 0.25) is 0 Å². The van der Waals surface area contributed by atoms with E-state index in [9.17, 15) is 10.5 Å². The van der Waals surface area contributed by atoms with Crippen LogP contribution in [0.25, 0.3) is 44.4 Å². The van der Waals surface area contributed by atoms with Gasteiger partial charge in [-0.05, 0) is 79.6 Å². The fourth-order valence-corrected chi connectivity index (χ4v) is 5.60. The molecule has 0 unspecified atom stereocenters. The van der Waals surface area contributed by atoms with Crippen LogP contribution < -0.4 is 4.74 Å². The number of hydrogen-bond donors (Lipinski definition) is 0. The van der Waals surface area contributed by atoms with Gasteiger partial charge in [-0.15, -0.1) is 0 Å². The lowest BCUT2D eigenvalue weighted by Crippen LogP contribution is -1.97. The number of ether oxygens (including phenoxy) is 1. The highest BCUT2D eigenvalue weighted by Gasteiger charge is 2.16. The average molecular weight is 557 g/mol. The second-order valence-corrected chi connectivity index (χ2v) is 10.5. The van der Waals surface area contributed by atoms with Gasteiger partial charge in [-0.25, -0.2) is 9.67 Å². The zero-order valence-corrected chi connectivity index (χ0v) is 23.5. The summed E-state index contributed by atoms with van der Waals surface area (Å²) in [6.07, 6.45) is 5.33. The van der Waals surface area contributed by atoms with Gasteiger partial charge in [-0.3, -0.25) is 4.57 Å². The number of nitriles is 2. The van der Waals surface area contributed by atoms with Crippen LogP contribution in [0.3, 0.4) is 0 Å². The standard InChI is InChI=1S/C36H24N6O/c1-23-12-13-39-35(16-23)42-33-9-4-3-8-31(33)32-11-10-30(18-34(32)42)43-29-7-5-6-28(17-29)41-22-27(21-40-41)36-25(19-37)14-24(2)15-26(36)20-38/h3-18,21-22H,1-2H3. The number of rotatable bonds is 5. The Balaban J connectivity index is 1.25. The molecule has 204 valence electrons. The van der Waals surface area contributed by atoms with Gasteiger partial charge in [-0.2, -0.15) is 15.6 Å². The lowest BCUT2D eigenvalue weighted by molar-refractivity contribution is 0.483. The van der Waals surface area contributed by atoms with Crippen molar-refractivity contribution in [2.24, 2.45) is 0 Å². The number of fused-ring (bicyclic) bond motifs is 3. The van der Waals surface area contributed by atoms with Crippen molar-refractivity contribution < 1.29 is 4.74 Å². The predicted octanol–water partition coefficient (Wildman–Crippen LogP) is 8.18. The van der Waals surface area contributed by atoms with Crippen LogP contribution in [0.1, 0.15) is 22.3 Å². The molecular weight excluding hydrogens is 532 g/mol. The average Bonchev–Trinajstić information content (AvgIpc) is 3.64. The van der Waals surface area contributed by atoms with Crippen LogP contribution in [0, 0.1) is 36.5 Å². The maximum atomic E-state index is 9.72. The summed E-state index contributed by atoms with van der Waals surface area (Å²) in [6.45, 7) is 3.94. The molecule has 0 aliphatic rings. The summed E-state index contributed by atoms with van der Waals surface area (Å²) in [5.41, 5.74) is 7.04. The van der Waals surface area contributed by atoms with E-state index in [1.54, 1.807) is 23.0 Å². The third kappa shape index (κ3) is 4.56. The molecule has 7 heteroatoms. The Morgan fingerprint density at radius 2 is 1.49 bits per heavy atom. The van der Waals surface area contributed by atoms with Gasteiger partial charge in [0.1, 0.15) is 17.3 Å². The highest BCUT2D eigenvalue weighted by atomic mass is 16.5. The number of benzene rings is 4. The first-order valence-corrected chi connectivity index (χ1v) is 13.8. The van der Waals surface area contributed by atoms with E-state index in [1.807, 2.05) is 73.9 Å². The molecule has 0 saturated heterocycles. The Bertz CT molecular complexity index is 2240. The summed E-state index contributed by atoms with van der Waals surface area (Å²) in [5, 5.41) is 26.2. The van der Waals surface area contributed by atoms with Crippen molar-refractivity contribution in [2.45, 2.75) is 13.8 Å². The van der Waals surface area contributed by atoms with Gasteiger partial charge < -0.3 is 4.74 Å². The normalized spacial score (nSPS) is 11.0. The summed E-state index contributed by atoms with van der Waals surface area (Å²) in [5.74, 6) is 2.20. The maximum Gasteiger partial charge on any atom is 0.137 e. The van der Waals surface area contributed by atoms with E-state index < -0.39 is 0 Å². The number of para-hydroxylation sites is 1. The smallest absolute Gasteiger partial charge is 0.137 e. The van der Waals surface area contributed by atoms with Gasteiger partial charge in [0.15, 0.2) is 0 Å². The van der Waals surface area contributed by atoms with Gasteiger partial charge in [0.25, 0.3) is 0 Å². The topological polar surface area (TPSA) is 92.5 Å². The van der Waals surface area contributed by atoms with E-state index in [0.29, 0.717) is 33.8 Å². The number of aryl methyl sites for hydroxylation is 2. The first-order valence-electron chi connectivity index (χ1n) is 13.8. The molecule has 7 nitrogen and oxygen atoms in total. The van der Waals surface area contributed by atoms with Crippen molar-refractivity contribution in [1.29, 1.82) is 10.5 Å². The van der Waals surface area contributed by atoms with Gasteiger partial charge >= 0.3 is 0 Å². The van der Waals surface area contributed by atoms with E-state index >= 15 is 0 Å². The predicted molar refractivity (Wildman–Crippen MR) is 167 cm³/mol. The van der Waals surface area contributed by atoms with Crippen LogP contribution in [-0.4, -0.2) is 19.3 Å². The third-order valence-electron chi connectivity index (χ3n) is 7.49. The molecule has 0 N–H and O–H groups in total. The minimum atomic E-state index is 0.446. The summed E-state index contributed by atoms with van der Waals surface area (Å²) in [6, 6.07) is 34.2. The highest BCUT2D eigenvalue weighted by molar-refractivity contribution is 6.09. The molecule has 43 heavy (non-hydrogen) atoms. The SMILES string of the molecule is Cc1ccnc(-n2c3ccccc3c3ccc(Oc4cccc(-n5cc(-c6c(C#N)cc(C)cc6C#N)cn5)c4)cc32)c1. The molecule has 0 aliphatic heterocycles. The second kappa shape index (κ2) is 10.3. The number of aromatic nitrogens is 4. The van der Waals surface area contributed by atoms with Crippen molar-refractivity contribution in [2.75, 3.05) is 0 Å². The van der Waals surface area contributed by atoms with Crippen LogP contribution >= 0.6 is 0 Å². The molecule has 4 aromatic carbocycles. The second-order valence-electron chi connectivity index (χ2n) is 10.5. The number of nitrogens with zero attached hydrogens (tertiary/aromatic N) is 6. The molecular formula is C36H24N6O. The molecule has 0 saturated carbocycles. The minimum Gasteiger partial charge on any atom is -0.457 e. The summed E-state index contributed by atoms with van der Waals surface area (Å²) in [4.78, 5) is 4.67. The molecule has 0 radical (unpaired) electrons. The zero-order chi connectivity index (χ0) is 29.5. The Morgan fingerprint density at radius 3 is 2.28 bits per heavy atom. The monoisotopic (exact) mass is 556 g/mol. The van der Waals surface area contributed by atoms with Gasteiger partial charge in [-0.1, -0.05) is 24.3 Å². The van der Waals surface area contributed by atoms with E-state index in [0.717, 1.165) is 44.4 Å². The van der Waals surface area contributed by atoms with Gasteiger partial charge in [0.05, 0.1) is 46.2 Å². The molecule has 0 aliphatic carbocycles. The van der Waals surface area contributed by atoms with Crippen molar-refractivity contribution in [3.05, 3.63) is 132 Å². The summed E-state index contributed by atoms with van der Waals surface area (Å²) in [7, 11) is 0. The van der Waals surface area contributed by atoms with Crippen molar-refractivity contribution in [3.63, 3.8) is 0 Å². The van der Waals surface area contributed by atoms with Crippen LogP contribution in [0.5, 0.6) is 11.5 Å². The highest BCUT2D eigenvalue weighted by Crippen LogP contribution is 2.35. The van der Waals surface area contributed by atoms with Crippen LogP contribution in [0.2, 0.25) is 0 Å². The molecule has 0 spiro atoms. The summed E-state index contributed by atoms with van der Waals surface area (Å²) >= 11 is 0. The molecule has 3 aromatic heterocycles. The quantitative estimate of drug-likeness (QED) is 0.213. The van der Waals surface area contributed by atoms with Crippen molar-refractivity contribution >= 4 is 21.8 Å². The van der Waals surface area contributed by atoms with Crippen LogP contribution in [-0.2, 0) is 0 Å². The maximum absolute atomic E-state index is 9.72. The van der Waals surface area contributed by atoms with Crippen molar-refractivity contribution in [3.8, 4) is 46.3 Å². The molecule has 0 fully saturated rings. The lowest BCUT2D eigenvalue weighted by atomic mass is 9.95. The largest absolute Gasteiger partial charge is 0.457 e. The Labute approximate surface area is 248 Å². The molecule has 0 atom stereocenters. The Kier molecular flexibility index (Phi) is 6.19. The van der Waals surface area contributed by atoms with E-state index in [1.165, 1.54) is 0 Å². The van der Waals surface area contributed by atoms with Gasteiger partial charge in [0, 0.05) is 46.4 Å². The third-order valence-corrected chi connectivity index (χ3v) is 7.49. The summed E-state index contributed by atoms with van der Waals surface area (Å²) < 4.78 is 10.3. The van der Waals surface area contributed by atoms with E-state index in [2.05, 4.69) is 58.0 Å². The zero-order valence-electron chi connectivity index (χ0n) is 23.5. The van der Waals surface area contributed by atoms with Crippen molar-refractivity contribution in [1.82, 2.24) is 19.3 Å². The number of hydrogen-bond acceptors (Lipinski definition) is 5. The van der Waals surface area contributed by atoms with Crippen LogP contribution in [0.4, 0.5) is 0 Å². The molecule has 3 heterocycles. The first-order chi connectivity index (χ1) is 21.0. The Hall–Kier alpha value is -6.18. The molecule has 0 bridgehead atoms.